The van der Waals surface area contributed by atoms with E-state index >= 15 is 0 Å². The van der Waals surface area contributed by atoms with Crippen molar-refractivity contribution in [1.29, 1.82) is 0 Å². The number of anilines is 2. The summed E-state index contributed by atoms with van der Waals surface area (Å²) in [4.78, 5) is 25.5. The fourth-order valence-electron chi connectivity index (χ4n) is 4.59. The summed E-state index contributed by atoms with van der Waals surface area (Å²) in [7, 11) is 0. The van der Waals surface area contributed by atoms with E-state index in [2.05, 4.69) is 10.6 Å². The lowest BCUT2D eigenvalue weighted by atomic mass is 9.99. The van der Waals surface area contributed by atoms with Crippen molar-refractivity contribution in [3.05, 3.63) is 143 Å². The van der Waals surface area contributed by atoms with Crippen LogP contribution >= 0.6 is 11.6 Å². The van der Waals surface area contributed by atoms with Crippen LogP contribution in [0.15, 0.2) is 115 Å². The van der Waals surface area contributed by atoms with Gasteiger partial charge in [0.25, 0.3) is 5.91 Å². The SMILES string of the molecule is Cc1cc(Nc2ccc(Cl)cc2C(=O)N[C@@H](Cc2ccc(-c3ccccc3Oc3ccccc3)cc2)C(=O)O)ccc1F. The van der Waals surface area contributed by atoms with Gasteiger partial charge in [0.15, 0.2) is 0 Å². The summed E-state index contributed by atoms with van der Waals surface area (Å²) in [5.74, 6) is -0.720. The van der Waals surface area contributed by atoms with Crippen LogP contribution in [0.1, 0.15) is 21.5 Å². The van der Waals surface area contributed by atoms with Crippen LogP contribution in [0.4, 0.5) is 15.8 Å². The van der Waals surface area contributed by atoms with Gasteiger partial charge in [-0.05, 0) is 78.2 Å². The maximum Gasteiger partial charge on any atom is 0.326 e. The van der Waals surface area contributed by atoms with Crippen LogP contribution in [0.5, 0.6) is 11.5 Å². The second-order valence-electron chi connectivity index (χ2n) is 9.96. The van der Waals surface area contributed by atoms with Crippen molar-refractivity contribution in [3.8, 4) is 22.6 Å². The van der Waals surface area contributed by atoms with Crippen LogP contribution < -0.4 is 15.4 Å². The van der Waals surface area contributed by atoms with Crippen molar-refractivity contribution in [2.75, 3.05) is 5.32 Å². The molecule has 0 spiro atoms. The third-order valence-electron chi connectivity index (χ3n) is 6.83. The number of nitrogens with one attached hydrogen (secondary N) is 2. The van der Waals surface area contributed by atoms with E-state index < -0.39 is 17.9 Å². The Balaban J connectivity index is 1.32. The molecule has 5 rings (SSSR count). The molecule has 0 aliphatic heterocycles. The molecule has 0 aliphatic carbocycles. The number of hydrogen-bond acceptors (Lipinski definition) is 4. The van der Waals surface area contributed by atoms with Crippen LogP contribution in [0.3, 0.4) is 0 Å². The fraction of sp³-hybridized carbons (Fsp3) is 0.0857. The third-order valence-corrected chi connectivity index (χ3v) is 7.06. The quantitative estimate of drug-likeness (QED) is 0.151. The zero-order chi connectivity index (χ0) is 30.3. The van der Waals surface area contributed by atoms with Crippen molar-refractivity contribution in [2.45, 2.75) is 19.4 Å². The maximum atomic E-state index is 13.7. The van der Waals surface area contributed by atoms with Gasteiger partial charge in [0.05, 0.1) is 11.3 Å². The van der Waals surface area contributed by atoms with E-state index in [-0.39, 0.29) is 17.8 Å². The highest BCUT2D eigenvalue weighted by Crippen LogP contribution is 2.33. The Bertz CT molecular complexity index is 1760. The Labute approximate surface area is 253 Å². The predicted molar refractivity (Wildman–Crippen MR) is 167 cm³/mol. The smallest absolute Gasteiger partial charge is 0.326 e. The molecule has 0 fully saturated rings. The van der Waals surface area contributed by atoms with Gasteiger partial charge in [0.2, 0.25) is 0 Å². The summed E-state index contributed by atoms with van der Waals surface area (Å²) in [6.07, 6.45) is 0.0595. The highest BCUT2D eigenvalue weighted by molar-refractivity contribution is 6.31. The molecule has 216 valence electrons. The molecule has 0 aromatic heterocycles. The molecule has 0 saturated carbocycles. The minimum Gasteiger partial charge on any atom is -0.480 e. The van der Waals surface area contributed by atoms with E-state index in [1.165, 1.54) is 12.1 Å². The van der Waals surface area contributed by atoms with Crippen LogP contribution in [0.2, 0.25) is 5.02 Å². The number of amides is 1. The van der Waals surface area contributed by atoms with Gasteiger partial charge >= 0.3 is 5.97 Å². The largest absolute Gasteiger partial charge is 0.480 e. The summed E-state index contributed by atoms with van der Waals surface area (Å²) in [6.45, 7) is 1.64. The molecular weight excluding hydrogens is 567 g/mol. The van der Waals surface area contributed by atoms with E-state index in [9.17, 15) is 19.1 Å². The summed E-state index contributed by atoms with van der Waals surface area (Å²) in [6, 6.07) is 32.6. The Morgan fingerprint density at radius 1 is 0.884 bits per heavy atom. The molecule has 5 aromatic rings. The molecule has 0 saturated heterocycles. The molecule has 0 heterocycles. The second-order valence-corrected chi connectivity index (χ2v) is 10.4. The first-order chi connectivity index (χ1) is 20.8. The van der Waals surface area contributed by atoms with E-state index in [0.717, 1.165) is 22.4 Å². The van der Waals surface area contributed by atoms with Gasteiger partial charge in [-0.3, -0.25) is 4.79 Å². The highest BCUT2D eigenvalue weighted by Gasteiger charge is 2.23. The van der Waals surface area contributed by atoms with Crippen LogP contribution in [0.25, 0.3) is 11.1 Å². The minimum atomic E-state index is -1.20. The minimum absolute atomic E-state index is 0.0595. The van der Waals surface area contributed by atoms with Crippen molar-refractivity contribution in [1.82, 2.24) is 5.32 Å². The predicted octanol–water partition coefficient (Wildman–Crippen LogP) is 8.42. The number of hydrogen-bond donors (Lipinski definition) is 3. The van der Waals surface area contributed by atoms with Crippen LogP contribution in [-0.4, -0.2) is 23.0 Å². The van der Waals surface area contributed by atoms with E-state index in [1.807, 2.05) is 78.9 Å². The molecule has 8 heteroatoms. The van der Waals surface area contributed by atoms with Gasteiger partial charge in [-0.1, -0.05) is 72.3 Å². The fourth-order valence-corrected chi connectivity index (χ4v) is 4.77. The zero-order valence-electron chi connectivity index (χ0n) is 23.2. The molecule has 43 heavy (non-hydrogen) atoms. The molecule has 3 N–H and O–H groups in total. The molecule has 5 aromatic carbocycles. The summed E-state index contributed by atoms with van der Waals surface area (Å²) < 4.78 is 19.8. The zero-order valence-corrected chi connectivity index (χ0v) is 23.9. The van der Waals surface area contributed by atoms with Crippen molar-refractivity contribution < 1.29 is 23.8 Å². The first-order valence-electron chi connectivity index (χ1n) is 13.5. The lowest BCUT2D eigenvalue weighted by Crippen LogP contribution is -2.42. The molecule has 0 radical (unpaired) electrons. The molecule has 6 nitrogen and oxygen atoms in total. The number of carboxylic acid groups (broad SMARTS) is 1. The average Bonchev–Trinajstić information content (AvgIpc) is 3.00. The summed E-state index contributed by atoms with van der Waals surface area (Å²) in [5, 5.41) is 16.0. The Hall–Kier alpha value is -5.14. The highest BCUT2D eigenvalue weighted by atomic mass is 35.5. The normalized spacial score (nSPS) is 11.4. The number of aryl methyl sites for hydroxylation is 1. The van der Waals surface area contributed by atoms with Gasteiger partial charge in [0.1, 0.15) is 23.4 Å². The number of carboxylic acids is 1. The first-order valence-corrected chi connectivity index (χ1v) is 13.9. The van der Waals surface area contributed by atoms with Gasteiger partial charge in [-0.25, -0.2) is 9.18 Å². The van der Waals surface area contributed by atoms with Gasteiger partial charge in [-0.15, -0.1) is 0 Å². The van der Waals surface area contributed by atoms with Crippen molar-refractivity contribution >= 4 is 34.9 Å². The number of carbonyl (C=O) groups excluding carboxylic acids is 1. The molecule has 0 aliphatic rings. The summed E-state index contributed by atoms with van der Waals surface area (Å²) >= 11 is 6.18. The Morgan fingerprint density at radius 3 is 2.33 bits per heavy atom. The van der Waals surface area contributed by atoms with Crippen LogP contribution in [0, 0.1) is 12.7 Å². The van der Waals surface area contributed by atoms with Crippen molar-refractivity contribution in [3.63, 3.8) is 0 Å². The third kappa shape index (κ3) is 7.39. The van der Waals surface area contributed by atoms with E-state index in [1.54, 1.807) is 31.2 Å². The number of para-hydroxylation sites is 2. The number of halogens is 2. The average molecular weight is 595 g/mol. The standard InChI is InChI=1S/C35H28ClFN2O4/c1-22-19-26(16-17-30(22)37)38-31-18-15-25(36)21-29(31)34(40)39-32(35(41)42)20-23-11-13-24(14-12-23)28-9-5-6-10-33(28)43-27-7-3-2-4-8-27/h2-19,21,32,38H,20H2,1H3,(H,39,40)(H,41,42)/t32-/m0/s1. The Kier molecular flexibility index (Phi) is 9.03. The first kappa shape index (κ1) is 29.4. The number of rotatable bonds is 10. The molecule has 1 amide bonds. The van der Waals surface area contributed by atoms with Crippen LogP contribution in [-0.2, 0) is 11.2 Å². The van der Waals surface area contributed by atoms with Gasteiger partial charge < -0.3 is 20.5 Å². The molecule has 1 atom stereocenters. The molecule has 0 bridgehead atoms. The number of carbonyl (C=O) groups is 2. The summed E-state index contributed by atoms with van der Waals surface area (Å²) in [5.41, 5.74) is 4.08. The number of benzene rings is 5. The topological polar surface area (TPSA) is 87.7 Å². The molecular formula is C35H28ClFN2O4. The number of ether oxygens (including phenoxy) is 1. The lowest BCUT2D eigenvalue weighted by molar-refractivity contribution is -0.139. The van der Waals surface area contributed by atoms with E-state index in [4.69, 9.17) is 16.3 Å². The molecule has 0 unspecified atom stereocenters. The number of aliphatic carboxylic acids is 1. The second kappa shape index (κ2) is 13.2. The van der Waals surface area contributed by atoms with Gasteiger partial charge in [0, 0.05) is 22.7 Å². The Morgan fingerprint density at radius 2 is 1.60 bits per heavy atom. The van der Waals surface area contributed by atoms with Crippen molar-refractivity contribution in [2.24, 2.45) is 0 Å². The van der Waals surface area contributed by atoms with E-state index in [0.29, 0.717) is 27.7 Å². The van der Waals surface area contributed by atoms with Gasteiger partial charge in [-0.2, -0.15) is 0 Å². The monoisotopic (exact) mass is 594 g/mol. The maximum absolute atomic E-state index is 13.7. The lowest BCUT2D eigenvalue weighted by Gasteiger charge is -2.18.